The van der Waals surface area contributed by atoms with Crippen molar-refractivity contribution in [1.82, 2.24) is 24.7 Å². The van der Waals surface area contributed by atoms with Crippen molar-refractivity contribution in [3.8, 4) is 17.2 Å². The van der Waals surface area contributed by atoms with E-state index >= 15 is 0 Å². The van der Waals surface area contributed by atoms with E-state index < -0.39 is 0 Å². The van der Waals surface area contributed by atoms with Crippen LogP contribution in [0, 0.1) is 0 Å². The van der Waals surface area contributed by atoms with Gasteiger partial charge in [-0.1, -0.05) is 36.4 Å². The Balaban J connectivity index is 1.26. The number of aromatic nitrogens is 2. The molecule has 0 saturated carbocycles. The molecule has 1 aliphatic heterocycles. The van der Waals surface area contributed by atoms with Crippen LogP contribution in [0.25, 0.3) is 16.6 Å². The second-order valence-corrected chi connectivity index (χ2v) is 12.0. The zero-order valence-electron chi connectivity index (χ0n) is 25.9. The first-order chi connectivity index (χ1) is 21.4. The van der Waals surface area contributed by atoms with Crippen molar-refractivity contribution < 1.29 is 14.3 Å². The molecular formula is C34H41N5O4S. The molecule has 9 nitrogen and oxygen atoms in total. The zero-order chi connectivity index (χ0) is 31.1. The Morgan fingerprint density at radius 3 is 2.39 bits per heavy atom. The molecule has 44 heavy (non-hydrogen) atoms. The van der Waals surface area contributed by atoms with E-state index in [1.807, 2.05) is 84.6 Å². The van der Waals surface area contributed by atoms with E-state index in [-0.39, 0.29) is 24.1 Å². The third kappa shape index (κ3) is 7.26. The molecule has 2 heterocycles. The van der Waals surface area contributed by atoms with Gasteiger partial charge in [0.1, 0.15) is 17.3 Å². The Morgan fingerprint density at radius 2 is 1.66 bits per heavy atom. The quantitative estimate of drug-likeness (QED) is 0.226. The highest BCUT2D eigenvalue weighted by atomic mass is 32.2. The SMILES string of the molecule is CCOc1ccccc1-n1c(C(C)N2CCN(C(=O)COc3ccc(CNC(C)SC)cc3)CC2)nc2ccccc2c1=O. The van der Waals surface area contributed by atoms with Gasteiger partial charge in [0.05, 0.1) is 34.6 Å². The summed E-state index contributed by atoms with van der Waals surface area (Å²) in [5.74, 6) is 1.92. The van der Waals surface area contributed by atoms with Crippen LogP contribution in [0.4, 0.5) is 0 Å². The normalized spacial score (nSPS) is 15.2. The van der Waals surface area contributed by atoms with Crippen molar-refractivity contribution in [2.45, 2.75) is 38.7 Å². The highest BCUT2D eigenvalue weighted by Crippen LogP contribution is 2.28. The van der Waals surface area contributed by atoms with Crippen molar-refractivity contribution in [3.63, 3.8) is 0 Å². The van der Waals surface area contributed by atoms with Gasteiger partial charge in [0.2, 0.25) is 0 Å². The smallest absolute Gasteiger partial charge is 0.266 e. The maximum Gasteiger partial charge on any atom is 0.266 e. The van der Waals surface area contributed by atoms with Gasteiger partial charge >= 0.3 is 0 Å². The van der Waals surface area contributed by atoms with Crippen LogP contribution in [0.15, 0.2) is 77.6 Å². The lowest BCUT2D eigenvalue weighted by Crippen LogP contribution is -2.51. The van der Waals surface area contributed by atoms with E-state index in [1.165, 1.54) is 5.56 Å². The number of nitrogens with zero attached hydrogens (tertiary/aromatic N) is 4. The number of amides is 1. The average molecular weight is 616 g/mol. The Morgan fingerprint density at radius 1 is 0.955 bits per heavy atom. The standard InChI is InChI=1S/C34H41N5O4S/c1-5-42-31-13-9-8-12-30(31)39-33(36-29-11-7-6-10-28(29)34(39)41)24(2)37-18-20-38(21-19-37)32(40)23-43-27-16-14-26(15-17-27)22-35-25(3)44-4/h6-17,24-25,35H,5,18-23H2,1-4H3. The van der Waals surface area contributed by atoms with Crippen LogP contribution >= 0.6 is 11.8 Å². The van der Waals surface area contributed by atoms with Crippen molar-refractivity contribution in [2.24, 2.45) is 0 Å². The van der Waals surface area contributed by atoms with Crippen LogP contribution in [-0.4, -0.2) is 76.3 Å². The number of para-hydroxylation sites is 3. The summed E-state index contributed by atoms with van der Waals surface area (Å²) in [5.41, 5.74) is 2.37. The molecule has 0 spiro atoms. The van der Waals surface area contributed by atoms with Gasteiger partial charge in [0.25, 0.3) is 11.5 Å². The summed E-state index contributed by atoms with van der Waals surface area (Å²) in [6, 6.07) is 22.7. The molecule has 1 aromatic heterocycles. The number of piperazine rings is 1. The first-order valence-electron chi connectivity index (χ1n) is 15.1. The summed E-state index contributed by atoms with van der Waals surface area (Å²) in [5, 5.41) is 4.39. The van der Waals surface area contributed by atoms with E-state index in [0.717, 1.165) is 6.54 Å². The summed E-state index contributed by atoms with van der Waals surface area (Å²) in [6.45, 7) is 9.83. The molecular weight excluding hydrogens is 574 g/mol. The number of thioether (sulfide) groups is 1. The predicted octanol–water partition coefficient (Wildman–Crippen LogP) is 4.87. The van der Waals surface area contributed by atoms with Crippen molar-refractivity contribution in [2.75, 3.05) is 45.6 Å². The predicted molar refractivity (Wildman–Crippen MR) is 177 cm³/mol. The number of carbonyl (C=O) groups is 1. The fourth-order valence-electron chi connectivity index (χ4n) is 5.39. The third-order valence-corrected chi connectivity index (χ3v) is 8.90. The molecule has 3 aromatic carbocycles. The van der Waals surface area contributed by atoms with Crippen LogP contribution in [0.1, 0.15) is 38.2 Å². The minimum Gasteiger partial charge on any atom is -0.492 e. The minimum absolute atomic E-state index is 0.00333. The molecule has 2 unspecified atom stereocenters. The second-order valence-electron chi connectivity index (χ2n) is 10.8. The number of nitrogens with one attached hydrogen (secondary N) is 1. The summed E-state index contributed by atoms with van der Waals surface area (Å²) >= 11 is 1.77. The molecule has 10 heteroatoms. The lowest BCUT2D eigenvalue weighted by Gasteiger charge is -2.38. The van der Waals surface area contributed by atoms with Crippen LogP contribution in [0.2, 0.25) is 0 Å². The van der Waals surface area contributed by atoms with Gasteiger partial charge in [-0.25, -0.2) is 4.98 Å². The summed E-state index contributed by atoms with van der Waals surface area (Å²) in [4.78, 5) is 36.0. The van der Waals surface area contributed by atoms with Crippen LogP contribution in [0.5, 0.6) is 11.5 Å². The summed E-state index contributed by atoms with van der Waals surface area (Å²) in [7, 11) is 0. The molecule has 0 bridgehead atoms. The van der Waals surface area contributed by atoms with Gasteiger partial charge in [-0.3, -0.25) is 19.1 Å². The second kappa shape index (κ2) is 14.7. The van der Waals surface area contributed by atoms with Gasteiger partial charge in [-0.2, -0.15) is 0 Å². The lowest BCUT2D eigenvalue weighted by atomic mass is 10.1. The molecule has 1 N–H and O–H groups in total. The van der Waals surface area contributed by atoms with E-state index in [1.54, 1.807) is 16.3 Å². The number of hydrogen-bond donors (Lipinski definition) is 1. The highest BCUT2D eigenvalue weighted by Gasteiger charge is 2.29. The van der Waals surface area contributed by atoms with E-state index in [0.29, 0.717) is 72.1 Å². The zero-order valence-corrected chi connectivity index (χ0v) is 26.7. The highest BCUT2D eigenvalue weighted by molar-refractivity contribution is 7.99. The molecule has 5 rings (SSSR count). The molecule has 1 amide bonds. The summed E-state index contributed by atoms with van der Waals surface area (Å²) < 4.78 is 13.4. The van der Waals surface area contributed by atoms with Crippen molar-refractivity contribution in [1.29, 1.82) is 0 Å². The van der Waals surface area contributed by atoms with Gasteiger partial charge in [0.15, 0.2) is 6.61 Å². The van der Waals surface area contributed by atoms with Gasteiger partial charge < -0.3 is 19.7 Å². The molecule has 0 radical (unpaired) electrons. The van der Waals surface area contributed by atoms with E-state index in [9.17, 15) is 9.59 Å². The average Bonchev–Trinajstić information content (AvgIpc) is 3.07. The fourth-order valence-corrected chi connectivity index (χ4v) is 5.64. The topological polar surface area (TPSA) is 88.9 Å². The van der Waals surface area contributed by atoms with E-state index in [2.05, 4.69) is 30.3 Å². The maximum absolute atomic E-state index is 13.9. The van der Waals surface area contributed by atoms with E-state index in [4.69, 9.17) is 14.5 Å². The Labute approximate surface area is 263 Å². The lowest BCUT2D eigenvalue weighted by molar-refractivity contribution is -0.135. The monoisotopic (exact) mass is 615 g/mol. The first-order valence-corrected chi connectivity index (χ1v) is 16.4. The number of rotatable bonds is 12. The minimum atomic E-state index is -0.178. The molecule has 0 aliphatic carbocycles. The Hall–Kier alpha value is -3.86. The number of fused-ring (bicyclic) bond motifs is 1. The third-order valence-electron chi connectivity index (χ3n) is 8.03. The van der Waals surface area contributed by atoms with Crippen LogP contribution in [0.3, 0.4) is 0 Å². The summed E-state index contributed by atoms with van der Waals surface area (Å²) in [6.07, 6.45) is 2.08. The maximum atomic E-state index is 13.9. The number of ether oxygens (including phenoxy) is 2. The molecule has 4 aromatic rings. The Bertz CT molecular complexity index is 1620. The molecule has 1 fully saturated rings. The van der Waals surface area contributed by atoms with Crippen molar-refractivity contribution in [3.05, 3.63) is 94.5 Å². The largest absolute Gasteiger partial charge is 0.492 e. The molecule has 232 valence electrons. The number of carbonyl (C=O) groups excluding carboxylic acids is 1. The van der Waals surface area contributed by atoms with Gasteiger partial charge in [0, 0.05) is 32.7 Å². The Kier molecular flexibility index (Phi) is 10.6. The van der Waals surface area contributed by atoms with Crippen molar-refractivity contribution >= 4 is 28.6 Å². The van der Waals surface area contributed by atoms with Crippen LogP contribution in [-0.2, 0) is 11.3 Å². The van der Waals surface area contributed by atoms with Crippen LogP contribution < -0.4 is 20.3 Å². The van der Waals surface area contributed by atoms with Gasteiger partial charge in [-0.15, -0.1) is 11.8 Å². The van der Waals surface area contributed by atoms with Gasteiger partial charge in [-0.05, 0) is 69.0 Å². The molecule has 1 saturated heterocycles. The fraction of sp³-hybridized carbons (Fsp3) is 0.382. The number of benzene rings is 3. The molecule has 1 aliphatic rings. The number of hydrogen-bond acceptors (Lipinski definition) is 8. The first kappa shape index (κ1) is 31.6. The molecule has 2 atom stereocenters.